The molecule has 1 aliphatic heterocycles. The maximum Gasteiger partial charge on any atom is 0.222 e. The molecule has 0 aromatic heterocycles. The van der Waals surface area contributed by atoms with Crippen LogP contribution < -0.4 is 5.73 Å². The zero-order valence-electron chi connectivity index (χ0n) is 12.2. The number of likely N-dealkylation sites (tertiary alicyclic amines) is 1. The van der Waals surface area contributed by atoms with Crippen LogP contribution in [0.15, 0.2) is 0 Å². The van der Waals surface area contributed by atoms with Gasteiger partial charge in [0.25, 0.3) is 0 Å². The van der Waals surface area contributed by atoms with Crippen molar-refractivity contribution in [2.45, 2.75) is 71.3 Å². The first kappa shape index (κ1) is 15.5. The highest BCUT2D eigenvalue weighted by Crippen LogP contribution is 2.17. The Morgan fingerprint density at radius 1 is 1.22 bits per heavy atom. The second kappa shape index (κ2) is 8.52. The lowest BCUT2D eigenvalue weighted by Crippen LogP contribution is -2.49. The van der Waals surface area contributed by atoms with E-state index in [9.17, 15) is 4.79 Å². The standard InChI is InChI=1S/C15H30N2O/c1-3-4-5-6-7-8-9-15(18)17-11-10-13(2)14(16)12-17/h13-14H,3-12,16H2,1-2H3. The third-order valence-corrected chi connectivity index (χ3v) is 4.11. The average molecular weight is 254 g/mol. The van der Waals surface area contributed by atoms with Crippen molar-refractivity contribution >= 4 is 5.91 Å². The predicted molar refractivity (Wildman–Crippen MR) is 76.3 cm³/mol. The third-order valence-electron chi connectivity index (χ3n) is 4.11. The van der Waals surface area contributed by atoms with E-state index < -0.39 is 0 Å². The Labute approximate surface area is 112 Å². The summed E-state index contributed by atoms with van der Waals surface area (Å²) in [4.78, 5) is 14.0. The van der Waals surface area contributed by atoms with Crippen LogP contribution in [0.1, 0.15) is 65.2 Å². The van der Waals surface area contributed by atoms with E-state index in [1.807, 2.05) is 4.90 Å². The van der Waals surface area contributed by atoms with Gasteiger partial charge < -0.3 is 10.6 Å². The highest BCUT2D eigenvalue weighted by molar-refractivity contribution is 5.76. The van der Waals surface area contributed by atoms with Crippen molar-refractivity contribution < 1.29 is 4.79 Å². The first-order valence-electron chi connectivity index (χ1n) is 7.68. The Balaban J connectivity index is 2.09. The van der Waals surface area contributed by atoms with Crippen LogP contribution in [0.4, 0.5) is 0 Å². The van der Waals surface area contributed by atoms with E-state index in [2.05, 4.69) is 13.8 Å². The lowest BCUT2D eigenvalue weighted by molar-refractivity contribution is -0.133. The maximum absolute atomic E-state index is 12.0. The summed E-state index contributed by atoms with van der Waals surface area (Å²) in [6.07, 6.45) is 9.21. The molecule has 0 saturated carbocycles. The molecule has 2 atom stereocenters. The molecule has 0 bridgehead atoms. The minimum Gasteiger partial charge on any atom is -0.341 e. The monoisotopic (exact) mass is 254 g/mol. The van der Waals surface area contributed by atoms with Crippen molar-refractivity contribution in [1.29, 1.82) is 0 Å². The Kier molecular flexibility index (Phi) is 7.33. The van der Waals surface area contributed by atoms with E-state index in [1.165, 1.54) is 32.1 Å². The predicted octanol–water partition coefficient (Wildman–Crippen LogP) is 2.93. The van der Waals surface area contributed by atoms with E-state index in [0.717, 1.165) is 25.9 Å². The fourth-order valence-corrected chi connectivity index (χ4v) is 2.54. The Hall–Kier alpha value is -0.570. The van der Waals surface area contributed by atoms with Gasteiger partial charge in [-0.25, -0.2) is 0 Å². The van der Waals surface area contributed by atoms with Crippen LogP contribution in [-0.2, 0) is 4.79 Å². The molecule has 2 N–H and O–H groups in total. The number of piperidine rings is 1. The largest absolute Gasteiger partial charge is 0.341 e. The van der Waals surface area contributed by atoms with Crippen molar-refractivity contribution in [3.63, 3.8) is 0 Å². The molecule has 0 radical (unpaired) electrons. The number of carbonyl (C=O) groups excluding carboxylic acids is 1. The number of carbonyl (C=O) groups is 1. The smallest absolute Gasteiger partial charge is 0.222 e. The first-order chi connectivity index (χ1) is 8.65. The number of nitrogens with zero attached hydrogens (tertiary/aromatic N) is 1. The molecule has 18 heavy (non-hydrogen) atoms. The van der Waals surface area contributed by atoms with Gasteiger partial charge in [0.1, 0.15) is 0 Å². The molecule has 0 aliphatic carbocycles. The molecule has 0 aromatic rings. The molecule has 1 amide bonds. The molecule has 1 fully saturated rings. The zero-order chi connectivity index (χ0) is 13.4. The highest BCUT2D eigenvalue weighted by Gasteiger charge is 2.25. The summed E-state index contributed by atoms with van der Waals surface area (Å²) < 4.78 is 0. The van der Waals surface area contributed by atoms with Gasteiger partial charge >= 0.3 is 0 Å². The number of hydrogen-bond acceptors (Lipinski definition) is 2. The zero-order valence-corrected chi connectivity index (χ0v) is 12.2. The molecule has 3 heteroatoms. The summed E-state index contributed by atoms with van der Waals surface area (Å²) in [5.41, 5.74) is 6.02. The van der Waals surface area contributed by atoms with Crippen molar-refractivity contribution in [2.75, 3.05) is 13.1 Å². The van der Waals surface area contributed by atoms with Crippen molar-refractivity contribution in [3.8, 4) is 0 Å². The number of amides is 1. The summed E-state index contributed by atoms with van der Waals surface area (Å²) >= 11 is 0. The van der Waals surface area contributed by atoms with Gasteiger partial charge in [0.15, 0.2) is 0 Å². The molecule has 1 aliphatic rings. The van der Waals surface area contributed by atoms with Crippen LogP contribution in [-0.4, -0.2) is 29.9 Å². The van der Waals surface area contributed by atoms with Crippen molar-refractivity contribution in [2.24, 2.45) is 11.7 Å². The van der Waals surface area contributed by atoms with Gasteiger partial charge in [-0.15, -0.1) is 0 Å². The summed E-state index contributed by atoms with van der Waals surface area (Å²) in [6.45, 7) is 6.07. The minimum absolute atomic E-state index is 0.173. The van der Waals surface area contributed by atoms with Crippen molar-refractivity contribution in [1.82, 2.24) is 4.90 Å². The van der Waals surface area contributed by atoms with Gasteiger partial charge in [-0.3, -0.25) is 4.79 Å². The number of unbranched alkanes of at least 4 members (excludes halogenated alkanes) is 5. The fourth-order valence-electron chi connectivity index (χ4n) is 2.54. The van der Waals surface area contributed by atoms with Gasteiger partial charge in [-0.05, 0) is 18.8 Å². The minimum atomic E-state index is 0.173. The molecule has 0 spiro atoms. The molecule has 106 valence electrons. The summed E-state index contributed by atoms with van der Waals surface area (Å²) in [5, 5.41) is 0. The topological polar surface area (TPSA) is 46.3 Å². The van der Waals surface area contributed by atoms with Gasteiger partial charge in [-0.2, -0.15) is 0 Å². The highest BCUT2D eigenvalue weighted by atomic mass is 16.2. The van der Waals surface area contributed by atoms with E-state index in [-0.39, 0.29) is 6.04 Å². The van der Waals surface area contributed by atoms with Crippen LogP contribution in [0.2, 0.25) is 0 Å². The summed E-state index contributed by atoms with van der Waals surface area (Å²) in [7, 11) is 0. The summed E-state index contributed by atoms with van der Waals surface area (Å²) in [5.74, 6) is 0.871. The van der Waals surface area contributed by atoms with Gasteiger partial charge in [0, 0.05) is 25.6 Å². The molecule has 2 unspecified atom stereocenters. The van der Waals surface area contributed by atoms with Gasteiger partial charge in [0.05, 0.1) is 0 Å². The van der Waals surface area contributed by atoms with Crippen LogP contribution >= 0.6 is 0 Å². The SMILES string of the molecule is CCCCCCCCC(=O)N1CCC(C)C(N)C1. The molecule has 3 nitrogen and oxygen atoms in total. The third kappa shape index (κ3) is 5.38. The fraction of sp³-hybridized carbons (Fsp3) is 0.933. The van der Waals surface area contributed by atoms with Crippen LogP contribution in [0.3, 0.4) is 0 Å². The van der Waals surface area contributed by atoms with E-state index in [4.69, 9.17) is 5.73 Å². The second-order valence-corrected chi connectivity index (χ2v) is 5.79. The van der Waals surface area contributed by atoms with E-state index >= 15 is 0 Å². The van der Waals surface area contributed by atoms with Crippen LogP contribution in [0, 0.1) is 5.92 Å². The Morgan fingerprint density at radius 2 is 1.89 bits per heavy atom. The van der Waals surface area contributed by atoms with Gasteiger partial charge in [-0.1, -0.05) is 46.0 Å². The maximum atomic E-state index is 12.0. The molecule has 1 saturated heterocycles. The number of rotatable bonds is 7. The number of hydrogen-bond donors (Lipinski definition) is 1. The molecular formula is C15H30N2O. The lowest BCUT2D eigenvalue weighted by atomic mass is 9.94. The van der Waals surface area contributed by atoms with E-state index in [1.54, 1.807) is 0 Å². The Morgan fingerprint density at radius 3 is 2.56 bits per heavy atom. The number of nitrogens with two attached hydrogens (primary N) is 1. The summed E-state index contributed by atoms with van der Waals surface area (Å²) in [6, 6.07) is 0.173. The Bertz CT molecular complexity index is 243. The average Bonchev–Trinajstić information content (AvgIpc) is 2.36. The normalized spacial score (nSPS) is 24.3. The molecular weight excluding hydrogens is 224 g/mol. The second-order valence-electron chi connectivity index (χ2n) is 5.79. The molecule has 1 heterocycles. The van der Waals surface area contributed by atoms with E-state index in [0.29, 0.717) is 18.2 Å². The van der Waals surface area contributed by atoms with Crippen LogP contribution in [0.5, 0.6) is 0 Å². The molecule has 1 rings (SSSR count). The van der Waals surface area contributed by atoms with Crippen molar-refractivity contribution in [3.05, 3.63) is 0 Å². The first-order valence-corrected chi connectivity index (χ1v) is 7.68. The van der Waals surface area contributed by atoms with Crippen LogP contribution in [0.25, 0.3) is 0 Å². The van der Waals surface area contributed by atoms with Gasteiger partial charge in [0.2, 0.25) is 5.91 Å². The molecule has 0 aromatic carbocycles. The quantitative estimate of drug-likeness (QED) is 0.710. The lowest BCUT2D eigenvalue weighted by Gasteiger charge is -2.35.